The highest BCUT2D eigenvalue weighted by Gasteiger charge is 2.11. The monoisotopic (exact) mass is 249 g/mol. The van der Waals surface area contributed by atoms with Crippen LogP contribution in [0.5, 0.6) is 0 Å². The van der Waals surface area contributed by atoms with E-state index >= 15 is 0 Å². The molecule has 0 atom stereocenters. The molecule has 0 unspecified atom stereocenters. The Bertz CT molecular complexity index is 465. The van der Waals surface area contributed by atoms with Gasteiger partial charge in [-0.05, 0) is 28.8 Å². The maximum Gasteiger partial charge on any atom is 0.0379 e. The van der Waals surface area contributed by atoms with Crippen molar-refractivity contribution in [2.75, 3.05) is 11.9 Å². The first-order chi connectivity index (χ1) is 6.45. The van der Waals surface area contributed by atoms with Crippen molar-refractivity contribution >= 4 is 33.4 Å². The zero-order chi connectivity index (χ0) is 8.67. The number of fused-ring (bicyclic) bond motifs is 3. The lowest BCUT2D eigenvalue weighted by Crippen LogP contribution is -1.90. The quantitative estimate of drug-likeness (QED) is 0.755. The molecule has 3 rings (SSSR count). The largest absolute Gasteiger partial charge is 0.384 e. The molecule has 0 saturated heterocycles. The number of nitrogens with one attached hydrogen (secondary N) is 1. The maximum atomic E-state index is 3.39. The number of rotatable bonds is 0. The van der Waals surface area contributed by atoms with Gasteiger partial charge in [0.05, 0.1) is 0 Å². The molecule has 0 aromatic heterocycles. The Morgan fingerprint density at radius 1 is 1.00 bits per heavy atom. The summed E-state index contributed by atoms with van der Waals surface area (Å²) in [5, 5.41) is 6.15. The summed E-state index contributed by atoms with van der Waals surface area (Å²) in [5.74, 6) is 0. The molecular weight excluding hydrogens is 238 g/mol. The van der Waals surface area contributed by atoms with Crippen LogP contribution in [0.4, 0.5) is 5.69 Å². The average molecular weight is 250 g/mol. The first kappa shape index (κ1) is 9.53. The summed E-state index contributed by atoms with van der Waals surface area (Å²) < 4.78 is 0. The fourth-order valence-electron chi connectivity index (χ4n) is 2.09. The van der Waals surface area contributed by atoms with Gasteiger partial charge < -0.3 is 5.32 Å². The van der Waals surface area contributed by atoms with E-state index in [9.17, 15) is 0 Å². The van der Waals surface area contributed by atoms with E-state index in [1.165, 1.54) is 22.0 Å². The van der Waals surface area contributed by atoms with Crippen LogP contribution < -0.4 is 5.32 Å². The molecule has 0 saturated carbocycles. The van der Waals surface area contributed by atoms with Gasteiger partial charge in [0.1, 0.15) is 0 Å². The second-order valence-electron chi connectivity index (χ2n) is 3.49. The molecule has 1 nitrogen and oxygen atoms in total. The van der Waals surface area contributed by atoms with E-state index in [0.717, 1.165) is 13.0 Å². The Labute approximate surface area is 93.9 Å². The van der Waals surface area contributed by atoms with Crippen molar-refractivity contribution in [3.8, 4) is 0 Å². The Hall–Kier alpha value is -1.02. The van der Waals surface area contributed by atoms with Crippen LogP contribution in [0.1, 0.15) is 5.56 Å². The van der Waals surface area contributed by atoms with Crippen LogP contribution in [0.15, 0.2) is 36.4 Å². The van der Waals surface area contributed by atoms with Crippen molar-refractivity contribution in [2.24, 2.45) is 0 Å². The van der Waals surface area contributed by atoms with E-state index in [0.29, 0.717) is 0 Å². The third-order valence-corrected chi connectivity index (χ3v) is 2.73. The molecule has 1 heterocycles. The van der Waals surface area contributed by atoms with Crippen molar-refractivity contribution in [3.05, 3.63) is 42.0 Å². The minimum absolute atomic E-state index is 0. The van der Waals surface area contributed by atoms with Crippen molar-refractivity contribution in [3.63, 3.8) is 0 Å². The van der Waals surface area contributed by atoms with Gasteiger partial charge in [0, 0.05) is 12.2 Å². The molecule has 72 valence electrons. The van der Waals surface area contributed by atoms with Crippen LogP contribution in [0.25, 0.3) is 10.8 Å². The third-order valence-electron chi connectivity index (χ3n) is 2.73. The molecule has 0 radical (unpaired) electrons. The van der Waals surface area contributed by atoms with E-state index in [1.807, 2.05) is 0 Å². The number of halogens is 1. The summed E-state index contributed by atoms with van der Waals surface area (Å²) in [6.45, 7) is 1.09. The average Bonchev–Trinajstić information content (AvgIpc) is 2.65. The van der Waals surface area contributed by atoms with Crippen molar-refractivity contribution < 1.29 is 0 Å². The van der Waals surface area contributed by atoms with Crippen LogP contribution >= 0.6 is 17.0 Å². The molecule has 0 spiro atoms. The van der Waals surface area contributed by atoms with Crippen LogP contribution in [-0.2, 0) is 6.42 Å². The highest BCUT2D eigenvalue weighted by Crippen LogP contribution is 2.29. The van der Waals surface area contributed by atoms with Gasteiger partial charge >= 0.3 is 0 Å². The normalized spacial score (nSPS) is 13.1. The second-order valence-corrected chi connectivity index (χ2v) is 3.49. The van der Waals surface area contributed by atoms with Gasteiger partial charge in [-0.25, -0.2) is 0 Å². The standard InChI is InChI=1S/C12H11N.BrH/c1-2-4-10-9(3-1)5-6-12-11(10)7-8-13-12;/h1-6,13H,7-8H2;1H. The highest BCUT2D eigenvalue weighted by molar-refractivity contribution is 8.93. The Kier molecular flexibility index (Phi) is 2.46. The second kappa shape index (κ2) is 3.62. The van der Waals surface area contributed by atoms with E-state index in [1.54, 1.807) is 0 Å². The fraction of sp³-hybridized carbons (Fsp3) is 0.167. The number of hydrogen-bond donors (Lipinski definition) is 1. The van der Waals surface area contributed by atoms with Crippen molar-refractivity contribution in [2.45, 2.75) is 6.42 Å². The van der Waals surface area contributed by atoms with Crippen molar-refractivity contribution in [1.29, 1.82) is 0 Å². The molecule has 0 fully saturated rings. The molecule has 14 heavy (non-hydrogen) atoms. The lowest BCUT2D eigenvalue weighted by atomic mass is 10.0. The summed E-state index contributed by atoms with van der Waals surface area (Å²) in [7, 11) is 0. The molecule has 2 aromatic rings. The minimum Gasteiger partial charge on any atom is -0.384 e. The Balaban J connectivity index is 0.000000750. The summed E-state index contributed by atoms with van der Waals surface area (Å²) in [4.78, 5) is 0. The van der Waals surface area contributed by atoms with E-state index in [2.05, 4.69) is 41.7 Å². The van der Waals surface area contributed by atoms with Gasteiger partial charge in [-0.3, -0.25) is 0 Å². The lowest BCUT2D eigenvalue weighted by Gasteiger charge is -2.03. The summed E-state index contributed by atoms with van der Waals surface area (Å²) >= 11 is 0. The van der Waals surface area contributed by atoms with E-state index in [4.69, 9.17) is 0 Å². The first-order valence-corrected chi connectivity index (χ1v) is 4.70. The zero-order valence-electron chi connectivity index (χ0n) is 7.79. The number of anilines is 1. The van der Waals surface area contributed by atoms with Gasteiger partial charge in [-0.15, -0.1) is 17.0 Å². The van der Waals surface area contributed by atoms with Gasteiger partial charge in [0.25, 0.3) is 0 Å². The summed E-state index contributed by atoms with van der Waals surface area (Å²) in [6, 6.07) is 13.0. The van der Waals surface area contributed by atoms with Crippen LogP contribution in [0.3, 0.4) is 0 Å². The first-order valence-electron chi connectivity index (χ1n) is 4.70. The molecule has 0 aliphatic carbocycles. The van der Waals surface area contributed by atoms with Crippen LogP contribution in [0.2, 0.25) is 0 Å². The Morgan fingerprint density at radius 3 is 2.79 bits per heavy atom. The predicted octanol–water partition coefficient (Wildman–Crippen LogP) is 3.39. The number of hydrogen-bond acceptors (Lipinski definition) is 1. The molecule has 1 aliphatic heterocycles. The molecule has 1 aliphatic rings. The molecular formula is C12H12BrN. The zero-order valence-corrected chi connectivity index (χ0v) is 9.50. The lowest BCUT2D eigenvalue weighted by molar-refractivity contribution is 1.11. The van der Waals surface area contributed by atoms with E-state index < -0.39 is 0 Å². The van der Waals surface area contributed by atoms with Crippen molar-refractivity contribution in [1.82, 2.24) is 0 Å². The fourth-order valence-corrected chi connectivity index (χ4v) is 2.09. The number of benzene rings is 2. The van der Waals surface area contributed by atoms with Gasteiger partial charge in [0.15, 0.2) is 0 Å². The predicted molar refractivity (Wildman–Crippen MR) is 66.5 cm³/mol. The van der Waals surface area contributed by atoms with Crippen LogP contribution in [0, 0.1) is 0 Å². The topological polar surface area (TPSA) is 12.0 Å². The Morgan fingerprint density at radius 2 is 1.86 bits per heavy atom. The molecule has 2 heteroatoms. The molecule has 2 aromatic carbocycles. The van der Waals surface area contributed by atoms with Gasteiger partial charge in [-0.1, -0.05) is 30.3 Å². The molecule has 1 N–H and O–H groups in total. The summed E-state index contributed by atoms with van der Waals surface area (Å²) in [5.41, 5.74) is 2.80. The van der Waals surface area contributed by atoms with E-state index in [-0.39, 0.29) is 17.0 Å². The highest BCUT2D eigenvalue weighted by atomic mass is 79.9. The van der Waals surface area contributed by atoms with Gasteiger partial charge in [-0.2, -0.15) is 0 Å². The molecule has 0 amide bonds. The van der Waals surface area contributed by atoms with Crippen LogP contribution in [-0.4, -0.2) is 6.54 Å². The smallest absolute Gasteiger partial charge is 0.0379 e. The summed E-state index contributed by atoms with van der Waals surface area (Å²) in [6.07, 6.45) is 1.16. The molecule has 0 bridgehead atoms. The maximum absolute atomic E-state index is 3.39. The third kappa shape index (κ3) is 1.30. The SMILES string of the molecule is Br.c1ccc2c3c(ccc2c1)NCC3. The minimum atomic E-state index is 0. The van der Waals surface area contributed by atoms with Gasteiger partial charge in [0.2, 0.25) is 0 Å².